The van der Waals surface area contributed by atoms with E-state index in [1.807, 2.05) is 35.7 Å². The van der Waals surface area contributed by atoms with Crippen molar-refractivity contribution in [2.24, 2.45) is 7.05 Å². The Hall–Kier alpha value is -3.17. The molecule has 9 nitrogen and oxygen atoms in total. The van der Waals surface area contributed by atoms with Gasteiger partial charge in [-0.3, -0.25) is 23.2 Å². The zero-order valence-corrected chi connectivity index (χ0v) is 18.7. The molecule has 1 aromatic carbocycles. The van der Waals surface area contributed by atoms with Crippen molar-refractivity contribution in [1.29, 1.82) is 0 Å². The van der Waals surface area contributed by atoms with Crippen molar-refractivity contribution in [2.75, 3.05) is 32.8 Å². The van der Waals surface area contributed by atoms with Gasteiger partial charge in [-0.2, -0.15) is 4.98 Å². The van der Waals surface area contributed by atoms with Crippen molar-refractivity contribution >= 4 is 16.9 Å². The maximum Gasteiger partial charge on any atom is 0.332 e. The Bertz CT molecular complexity index is 1390. The SMILES string of the molecule is Cc1cn2c3c(=O)n(CCN4CCOCC4)c(=O)n(C)c3nc2n1[C@@H](C)c1ccccc1. The number of aromatic nitrogens is 5. The number of ether oxygens (including phenoxy) is 1. The van der Waals surface area contributed by atoms with Gasteiger partial charge in [-0.15, -0.1) is 0 Å². The van der Waals surface area contributed by atoms with Crippen molar-refractivity contribution in [3.63, 3.8) is 0 Å². The molecule has 0 saturated carbocycles. The van der Waals surface area contributed by atoms with Crippen LogP contribution < -0.4 is 11.2 Å². The molecule has 1 aliphatic heterocycles. The Labute approximate surface area is 185 Å². The summed E-state index contributed by atoms with van der Waals surface area (Å²) in [4.78, 5) is 33.4. The lowest BCUT2D eigenvalue weighted by molar-refractivity contribution is 0.0361. The molecule has 5 rings (SSSR count). The van der Waals surface area contributed by atoms with Gasteiger partial charge in [-0.1, -0.05) is 30.3 Å². The number of nitrogens with zero attached hydrogens (tertiary/aromatic N) is 6. The predicted molar refractivity (Wildman–Crippen MR) is 122 cm³/mol. The molecule has 32 heavy (non-hydrogen) atoms. The molecule has 168 valence electrons. The molecule has 0 unspecified atom stereocenters. The summed E-state index contributed by atoms with van der Waals surface area (Å²) in [6.45, 7) is 8.09. The lowest BCUT2D eigenvalue weighted by Crippen LogP contribution is -2.44. The Morgan fingerprint density at radius 2 is 1.81 bits per heavy atom. The minimum Gasteiger partial charge on any atom is -0.379 e. The van der Waals surface area contributed by atoms with E-state index in [0.29, 0.717) is 43.2 Å². The molecule has 1 saturated heterocycles. The van der Waals surface area contributed by atoms with Crippen molar-refractivity contribution < 1.29 is 4.74 Å². The van der Waals surface area contributed by atoms with Crippen LogP contribution in [0.2, 0.25) is 0 Å². The standard InChI is InChI=1S/C23H28N6O3/c1-16-15-28-19-20(24-22(28)29(16)17(2)18-7-5-4-6-8-18)25(3)23(31)27(21(19)30)10-9-26-11-13-32-14-12-26/h4-8,15,17H,9-14H2,1-3H3/t17-/m0/s1. The van der Waals surface area contributed by atoms with E-state index in [1.54, 1.807) is 7.05 Å². The van der Waals surface area contributed by atoms with E-state index in [0.717, 1.165) is 24.3 Å². The molecule has 1 fully saturated rings. The molecular formula is C23H28N6O3. The second-order valence-corrected chi connectivity index (χ2v) is 8.43. The second kappa shape index (κ2) is 8.07. The summed E-state index contributed by atoms with van der Waals surface area (Å²) >= 11 is 0. The van der Waals surface area contributed by atoms with Crippen LogP contribution in [0.15, 0.2) is 46.1 Å². The number of hydrogen-bond acceptors (Lipinski definition) is 5. The maximum absolute atomic E-state index is 13.4. The van der Waals surface area contributed by atoms with Gasteiger partial charge in [-0.05, 0) is 19.4 Å². The summed E-state index contributed by atoms with van der Waals surface area (Å²) in [6, 6.07) is 10.2. The number of fused-ring (bicyclic) bond motifs is 3. The van der Waals surface area contributed by atoms with Gasteiger partial charge >= 0.3 is 5.69 Å². The molecular weight excluding hydrogens is 408 g/mol. The first-order chi connectivity index (χ1) is 15.5. The van der Waals surface area contributed by atoms with Crippen molar-refractivity contribution in [3.05, 3.63) is 68.6 Å². The molecule has 9 heteroatoms. The molecule has 1 atom stereocenters. The molecule has 0 amide bonds. The van der Waals surface area contributed by atoms with Gasteiger partial charge in [-0.25, -0.2) is 4.79 Å². The van der Waals surface area contributed by atoms with Crippen LogP contribution in [0.3, 0.4) is 0 Å². The number of imidazole rings is 2. The van der Waals surface area contributed by atoms with E-state index in [4.69, 9.17) is 9.72 Å². The molecule has 1 aliphatic rings. The first-order valence-electron chi connectivity index (χ1n) is 11.0. The van der Waals surface area contributed by atoms with E-state index in [2.05, 4.69) is 28.5 Å². The lowest BCUT2D eigenvalue weighted by atomic mass is 10.1. The van der Waals surface area contributed by atoms with Gasteiger partial charge in [0.15, 0.2) is 11.2 Å². The average Bonchev–Trinajstić information content (AvgIpc) is 3.33. The molecule has 4 heterocycles. The van der Waals surface area contributed by atoms with Crippen LogP contribution in [-0.4, -0.2) is 60.8 Å². The van der Waals surface area contributed by atoms with E-state index >= 15 is 0 Å². The van der Waals surface area contributed by atoms with Crippen LogP contribution in [0.5, 0.6) is 0 Å². The maximum atomic E-state index is 13.4. The summed E-state index contributed by atoms with van der Waals surface area (Å²) in [6.07, 6.45) is 1.93. The minimum absolute atomic E-state index is 0.0334. The summed E-state index contributed by atoms with van der Waals surface area (Å²) in [5.74, 6) is 0.659. The fourth-order valence-electron chi connectivity index (χ4n) is 4.65. The van der Waals surface area contributed by atoms with E-state index < -0.39 is 0 Å². The highest BCUT2D eigenvalue weighted by molar-refractivity contribution is 5.75. The Kier molecular flexibility index (Phi) is 5.22. The second-order valence-electron chi connectivity index (χ2n) is 8.43. The third-order valence-corrected chi connectivity index (χ3v) is 6.48. The van der Waals surface area contributed by atoms with E-state index in [9.17, 15) is 9.59 Å². The number of hydrogen-bond donors (Lipinski definition) is 0. The number of rotatable bonds is 5. The summed E-state index contributed by atoms with van der Waals surface area (Å²) in [7, 11) is 1.68. The molecule has 0 radical (unpaired) electrons. The van der Waals surface area contributed by atoms with Crippen molar-refractivity contribution in [1.82, 2.24) is 28.0 Å². The predicted octanol–water partition coefficient (Wildman–Crippen LogP) is 1.40. The summed E-state index contributed by atoms with van der Waals surface area (Å²) in [5.41, 5.74) is 2.36. The van der Waals surface area contributed by atoms with Crippen molar-refractivity contribution in [2.45, 2.75) is 26.4 Å². The van der Waals surface area contributed by atoms with Crippen molar-refractivity contribution in [3.8, 4) is 0 Å². The number of benzene rings is 1. The van der Waals surface area contributed by atoms with Gasteiger partial charge in [0, 0.05) is 45.1 Å². The smallest absolute Gasteiger partial charge is 0.332 e. The third-order valence-electron chi connectivity index (χ3n) is 6.48. The first kappa shape index (κ1) is 20.7. The van der Waals surface area contributed by atoms with Gasteiger partial charge in [0.1, 0.15) is 0 Å². The first-order valence-corrected chi connectivity index (χ1v) is 11.0. The van der Waals surface area contributed by atoms with E-state index in [-0.39, 0.29) is 17.3 Å². The van der Waals surface area contributed by atoms with Gasteiger partial charge in [0.2, 0.25) is 5.78 Å². The van der Waals surface area contributed by atoms with Gasteiger partial charge in [0.05, 0.1) is 19.3 Å². The highest BCUT2D eigenvalue weighted by Gasteiger charge is 2.23. The summed E-state index contributed by atoms with van der Waals surface area (Å²) < 4.78 is 12.1. The highest BCUT2D eigenvalue weighted by Crippen LogP contribution is 2.25. The van der Waals surface area contributed by atoms with E-state index in [1.165, 1.54) is 9.13 Å². The summed E-state index contributed by atoms with van der Waals surface area (Å²) in [5, 5.41) is 0. The zero-order chi connectivity index (χ0) is 22.4. The minimum atomic E-state index is -0.337. The normalized spacial score (nSPS) is 16.2. The monoisotopic (exact) mass is 436 g/mol. The number of morpholine rings is 1. The Morgan fingerprint density at radius 1 is 1.09 bits per heavy atom. The van der Waals surface area contributed by atoms with Crippen LogP contribution in [0.4, 0.5) is 0 Å². The lowest BCUT2D eigenvalue weighted by Gasteiger charge is -2.26. The average molecular weight is 437 g/mol. The van der Waals surface area contributed by atoms with Crippen LogP contribution >= 0.6 is 0 Å². The highest BCUT2D eigenvalue weighted by atomic mass is 16.5. The van der Waals surface area contributed by atoms with Gasteiger partial charge in [0.25, 0.3) is 5.56 Å². The fourth-order valence-corrected chi connectivity index (χ4v) is 4.65. The van der Waals surface area contributed by atoms with Crippen LogP contribution in [0, 0.1) is 6.92 Å². The molecule has 3 aromatic heterocycles. The molecule has 4 aromatic rings. The molecule has 0 N–H and O–H groups in total. The van der Waals surface area contributed by atoms with Crippen LogP contribution in [0.25, 0.3) is 16.9 Å². The third kappa shape index (κ3) is 3.28. The fraction of sp³-hybridized carbons (Fsp3) is 0.435. The molecule has 0 bridgehead atoms. The number of aryl methyl sites for hydroxylation is 2. The van der Waals surface area contributed by atoms with Crippen LogP contribution in [0.1, 0.15) is 24.2 Å². The Balaban J connectivity index is 1.63. The Morgan fingerprint density at radius 3 is 2.53 bits per heavy atom. The van der Waals surface area contributed by atoms with Gasteiger partial charge < -0.3 is 9.30 Å². The zero-order valence-electron chi connectivity index (χ0n) is 18.7. The quantitative estimate of drug-likeness (QED) is 0.473. The molecule has 0 spiro atoms. The molecule has 0 aliphatic carbocycles. The topological polar surface area (TPSA) is 78.7 Å². The van der Waals surface area contributed by atoms with Crippen LogP contribution in [-0.2, 0) is 18.3 Å². The largest absolute Gasteiger partial charge is 0.379 e.